The number of para-hydroxylation sites is 1. The van der Waals surface area contributed by atoms with E-state index >= 15 is 0 Å². The first-order valence-electron chi connectivity index (χ1n) is 8.19. The lowest BCUT2D eigenvalue weighted by atomic mass is 10.3. The Bertz CT molecular complexity index is 726. The van der Waals surface area contributed by atoms with E-state index in [0.717, 1.165) is 44.9 Å². The van der Waals surface area contributed by atoms with E-state index in [9.17, 15) is 9.59 Å². The van der Waals surface area contributed by atoms with Crippen LogP contribution in [0.15, 0.2) is 46.0 Å². The Balaban J connectivity index is 0.00000225. The molecule has 7 nitrogen and oxygen atoms in total. The van der Waals surface area contributed by atoms with Crippen molar-refractivity contribution in [2.45, 2.75) is 6.42 Å². The van der Waals surface area contributed by atoms with Crippen LogP contribution in [0.5, 0.6) is 5.75 Å². The van der Waals surface area contributed by atoms with Crippen LogP contribution in [-0.4, -0.2) is 54.2 Å². The monoisotopic (exact) mass is 366 g/mol. The molecule has 0 amide bonds. The van der Waals surface area contributed by atoms with E-state index in [2.05, 4.69) is 14.9 Å². The summed E-state index contributed by atoms with van der Waals surface area (Å²) in [7, 11) is 0. The Morgan fingerprint density at radius 1 is 1.00 bits per heavy atom. The molecule has 1 saturated heterocycles. The summed E-state index contributed by atoms with van der Waals surface area (Å²) in [4.78, 5) is 32.0. The second kappa shape index (κ2) is 9.29. The van der Waals surface area contributed by atoms with Crippen LogP contribution in [-0.2, 0) is 0 Å². The number of anilines is 1. The van der Waals surface area contributed by atoms with Crippen molar-refractivity contribution in [3.05, 3.63) is 57.2 Å². The van der Waals surface area contributed by atoms with Gasteiger partial charge in [0.05, 0.1) is 6.61 Å². The highest BCUT2D eigenvalue weighted by Crippen LogP contribution is 2.11. The fraction of sp³-hybridized carbons (Fsp3) is 0.412. The van der Waals surface area contributed by atoms with Crippen LogP contribution < -0.4 is 20.9 Å². The van der Waals surface area contributed by atoms with Crippen LogP contribution in [0.3, 0.4) is 0 Å². The lowest BCUT2D eigenvalue weighted by Gasteiger charge is -2.35. The predicted molar refractivity (Wildman–Crippen MR) is 100 cm³/mol. The smallest absolute Gasteiger partial charge is 0.327 e. The Kier molecular flexibility index (Phi) is 7.09. The summed E-state index contributed by atoms with van der Waals surface area (Å²) in [5.41, 5.74) is -0.827. The normalized spacial score (nSPS) is 14.8. The quantitative estimate of drug-likeness (QED) is 0.747. The van der Waals surface area contributed by atoms with Crippen molar-refractivity contribution in [3.63, 3.8) is 0 Å². The minimum absolute atomic E-state index is 0. The van der Waals surface area contributed by atoms with Gasteiger partial charge in [-0.25, -0.2) is 4.79 Å². The third kappa shape index (κ3) is 5.65. The summed E-state index contributed by atoms with van der Waals surface area (Å²) in [5, 5.41) is 0. The van der Waals surface area contributed by atoms with Crippen molar-refractivity contribution < 1.29 is 4.74 Å². The van der Waals surface area contributed by atoms with Gasteiger partial charge in [-0.3, -0.25) is 19.7 Å². The number of H-pyrrole nitrogens is 2. The van der Waals surface area contributed by atoms with Crippen molar-refractivity contribution in [2.75, 3.05) is 44.2 Å². The lowest BCUT2D eigenvalue weighted by molar-refractivity contribution is 0.224. The van der Waals surface area contributed by atoms with Crippen molar-refractivity contribution in [2.24, 2.45) is 0 Å². The molecule has 0 unspecified atom stereocenters. The average Bonchev–Trinajstić information content (AvgIpc) is 2.59. The SMILES string of the molecule is Cl.O=c1cc(N2CCN(CCCOc3ccccc3)CC2)[nH]c(=O)[nH]1. The number of benzene rings is 1. The minimum atomic E-state index is -0.460. The molecule has 1 aromatic heterocycles. The third-order valence-electron chi connectivity index (χ3n) is 4.09. The van der Waals surface area contributed by atoms with Crippen molar-refractivity contribution >= 4 is 18.2 Å². The van der Waals surface area contributed by atoms with E-state index in [1.807, 2.05) is 35.2 Å². The molecule has 3 rings (SSSR count). The predicted octanol–water partition coefficient (Wildman–Crippen LogP) is 1.08. The van der Waals surface area contributed by atoms with Gasteiger partial charge in [0.1, 0.15) is 11.6 Å². The molecule has 1 aliphatic heterocycles. The first-order valence-corrected chi connectivity index (χ1v) is 8.19. The second-order valence-corrected chi connectivity index (χ2v) is 5.82. The molecule has 2 aromatic rings. The summed E-state index contributed by atoms with van der Waals surface area (Å²) in [5.74, 6) is 1.50. The third-order valence-corrected chi connectivity index (χ3v) is 4.09. The van der Waals surface area contributed by atoms with Crippen LogP contribution in [0, 0.1) is 0 Å². The van der Waals surface area contributed by atoms with Gasteiger partial charge in [0, 0.05) is 38.8 Å². The van der Waals surface area contributed by atoms with Gasteiger partial charge < -0.3 is 9.64 Å². The summed E-state index contributed by atoms with van der Waals surface area (Å²) in [6.45, 7) is 5.07. The Hall–Kier alpha value is -2.25. The molecular formula is C17H23ClN4O3. The van der Waals surface area contributed by atoms with E-state index in [0.29, 0.717) is 12.4 Å². The van der Waals surface area contributed by atoms with Gasteiger partial charge >= 0.3 is 5.69 Å². The van der Waals surface area contributed by atoms with Gasteiger partial charge in [-0.15, -0.1) is 12.4 Å². The number of aromatic nitrogens is 2. The molecule has 1 aromatic carbocycles. The molecule has 1 aliphatic rings. The van der Waals surface area contributed by atoms with Crippen LogP contribution in [0.2, 0.25) is 0 Å². The number of aromatic amines is 2. The van der Waals surface area contributed by atoms with Gasteiger partial charge in [-0.1, -0.05) is 18.2 Å². The molecule has 25 heavy (non-hydrogen) atoms. The summed E-state index contributed by atoms with van der Waals surface area (Å²) >= 11 is 0. The summed E-state index contributed by atoms with van der Waals surface area (Å²) < 4.78 is 5.70. The van der Waals surface area contributed by atoms with E-state index in [-0.39, 0.29) is 18.0 Å². The zero-order valence-electron chi connectivity index (χ0n) is 13.9. The zero-order chi connectivity index (χ0) is 16.8. The highest BCUT2D eigenvalue weighted by atomic mass is 35.5. The highest BCUT2D eigenvalue weighted by Gasteiger charge is 2.17. The molecule has 1 fully saturated rings. The molecule has 0 radical (unpaired) electrons. The molecule has 0 aliphatic carbocycles. The Morgan fingerprint density at radius 2 is 1.72 bits per heavy atom. The molecule has 0 saturated carbocycles. The van der Waals surface area contributed by atoms with Crippen LogP contribution in [0.25, 0.3) is 0 Å². The molecule has 0 spiro atoms. The fourth-order valence-corrected chi connectivity index (χ4v) is 2.83. The average molecular weight is 367 g/mol. The molecule has 2 heterocycles. The highest BCUT2D eigenvalue weighted by molar-refractivity contribution is 5.85. The second-order valence-electron chi connectivity index (χ2n) is 5.82. The van der Waals surface area contributed by atoms with Gasteiger partial charge in [-0.2, -0.15) is 0 Å². The molecule has 0 atom stereocenters. The molecule has 2 N–H and O–H groups in total. The van der Waals surface area contributed by atoms with Gasteiger partial charge in [0.15, 0.2) is 0 Å². The summed E-state index contributed by atoms with van der Waals surface area (Å²) in [6.07, 6.45) is 0.969. The van der Waals surface area contributed by atoms with Crippen LogP contribution >= 0.6 is 12.4 Å². The number of nitrogens with one attached hydrogen (secondary N) is 2. The first-order chi connectivity index (χ1) is 11.7. The maximum absolute atomic E-state index is 11.4. The van der Waals surface area contributed by atoms with Crippen LogP contribution in [0.1, 0.15) is 6.42 Å². The molecule has 0 bridgehead atoms. The van der Waals surface area contributed by atoms with Gasteiger partial charge in [0.2, 0.25) is 0 Å². The number of hydrogen-bond acceptors (Lipinski definition) is 5. The van der Waals surface area contributed by atoms with E-state index < -0.39 is 5.69 Å². The number of piperazine rings is 1. The minimum Gasteiger partial charge on any atom is -0.494 e. The zero-order valence-corrected chi connectivity index (χ0v) is 14.8. The molecule has 8 heteroatoms. The van der Waals surface area contributed by atoms with E-state index in [1.165, 1.54) is 6.07 Å². The standard InChI is InChI=1S/C17H22N4O3.ClH/c22-16-13-15(18-17(23)19-16)21-10-8-20(9-11-21)7-4-12-24-14-5-2-1-3-6-14;/h1-3,5-6,13H,4,7-12H2,(H2,18,19,22,23);1H. The number of hydrogen-bond donors (Lipinski definition) is 2. The van der Waals surface area contributed by atoms with Crippen molar-refractivity contribution in [3.8, 4) is 5.75 Å². The lowest BCUT2D eigenvalue weighted by Crippen LogP contribution is -2.47. The fourth-order valence-electron chi connectivity index (χ4n) is 2.83. The molecule has 136 valence electrons. The van der Waals surface area contributed by atoms with Gasteiger partial charge in [0.25, 0.3) is 5.56 Å². The number of nitrogens with zero attached hydrogens (tertiary/aromatic N) is 2. The maximum atomic E-state index is 11.4. The summed E-state index contributed by atoms with van der Waals surface area (Å²) in [6, 6.07) is 11.3. The number of halogens is 1. The number of ether oxygens (including phenoxy) is 1. The van der Waals surface area contributed by atoms with Gasteiger partial charge in [-0.05, 0) is 18.6 Å². The Morgan fingerprint density at radius 3 is 2.40 bits per heavy atom. The van der Waals surface area contributed by atoms with E-state index in [1.54, 1.807) is 0 Å². The van der Waals surface area contributed by atoms with Crippen molar-refractivity contribution in [1.29, 1.82) is 0 Å². The first kappa shape index (κ1) is 19.1. The topological polar surface area (TPSA) is 81.4 Å². The largest absolute Gasteiger partial charge is 0.494 e. The van der Waals surface area contributed by atoms with Crippen molar-refractivity contribution in [1.82, 2.24) is 14.9 Å². The Labute approximate surface area is 152 Å². The van der Waals surface area contributed by atoms with E-state index in [4.69, 9.17) is 4.74 Å². The van der Waals surface area contributed by atoms with Crippen LogP contribution in [0.4, 0.5) is 5.82 Å². The molecular weight excluding hydrogens is 344 g/mol. The maximum Gasteiger partial charge on any atom is 0.327 e. The number of rotatable bonds is 6.